The third-order valence-corrected chi connectivity index (χ3v) is 7.54. The number of hydrogen-bond donors (Lipinski definition) is 0. The number of fused-ring (bicyclic) bond motifs is 1. The molecule has 0 amide bonds. The summed E-state index contributed by atoms with van der Waals surface area (Å²) in [6.45, 7) is 5.87. The van der Waals surface area contributed by atoms with Crippen molar-refractivity contribution in [3.63, 3.8) is 0 Å². The first kappa shape index (κ1) is 17.9. The van der Waals surface area contributed by atoms with E-state index < -0.39 is 10.0 Å². The van der Waals surface area contributed by atoms with Gasteiger partial charge >= 0.3 is 0 Å². The standard InChI is InChI=1S/C22H23NO3S/c1-4-21-20-15-22(20,17-7-9-18(26-3)10-8-17)13-14-23(21)27(24,25)19-11-5-16(2)6-12-19/h4-14,20-21H,1,15H2,2-3H3/t20-,21-,22-/m0/s1. The number of allylic oxidation sites excluding steroid dienone is 1. The molecule has 1 fully saturated rings. The minimum absolute atomic E-state index is 0.121. The highest BCUT2D eigenvalue weighted by atomic mass is 32.2. The summed E-state index contributed by atoms with van der Waals surface area (Å²) in [5, 5.41) is 0. The molecule has 0 radical (unpaired) electrons. The van der Waals surface area contributed by atoms with Crippen molar-refractivity contribution >= 4 is 10.0 Å². The van der Waals surface area contributed by atoms with Gasteiger partial charge in [-0.05, 0) is 49.1 Å². The summed E-state index contributed by atoms with van der Waals surface area (Å²) in [5.41, 5.74) is 2.10. The van der Waals surface area contributed by atoms with Gasteiger partial charge in [0.2, 0.25) is 0 Å². The zero-order chi connectivity index (χ0) is 19.2. The Bertz CT molecular complexity index is 993. The molecule has 27 heavy (non-hydrogen) atoms. The molecular weight excluding hydrogens is 358 g/mol. The molecule has 1 aliphatic heterocycles. The number of benzene rings is 2. The topological polar surface area (TPSA) is 46.6 Å². The van der Waals surface area contributed by atoms with Crippen molar-refractivity contribution in [3.05, 3.63) is 84.6 Å². The van der Waals surface area contributed by atoms with Gasteiger partial charge in [-0.1, -0.05) is 42.0 Å². The molecule has 0 N–H and O–H groups in total. The molecule has 1 saturated carbocycles. The lowest BCUT2D eigenvalue weighted by Gasteiger charge is -2.33. The van der Waals surface area contributed by atoms with Crippen molar-refractivity contribution < 1.29 is 13.2 Å². The number of sulfonamides is 1. The summed E-state index contributed by atoms with van der Waals surface area (Å²) >= 11 is 0. The first-order valence-electron chi connectivity index (χ1n) is 8.99. The number of rotatable bonds is 5. The SMILES string of the molecule is C=C[C@H]1[C@@H]2C[C@]2(c2ccc(OC)cc2)C=CN1S(=O)(=O)c1ccc(C)cc1. The minimum Gasteiger partial charge on any atom is -0.497 e. The highest BCUT2D eigenvalue weighted by Gasteiger charge is 2.60. The van der Waals surface area contributed by atoms with Crippen molar-refractivity contribution in [2.75, 3.05) is 7.11 Å². The summed E-state index contributed by atoms with van der Waals surface area (Å²) in [4.78, 5) is 0.308. The second-order valence-corrected chi connectivity index (χ2v) is 9.11. The van der Waals surface area contributed by atoms with Gasteiger partial charge in [0.25, 0.3) is 10.0 Å². The summed E-state index contributed by atoms with van der Waals surface area (Å²) in [7, 11) is -1.96. The van der Waals surface area contributed by atoms with E-state index in [0.29, 0.717) is 4.90 Å². The highest BCUT2D eigenvalue weighted by molar-refractivity contribution is 7.89. The quantitative estimate of drug-likeness (QED) is 0.735. The summed E-state index contributed by atoms with van der Waals surface area (Å²) in [6, 6.07) is 14.7. The van der Waals surface area contributed by atoms with E-state index in [1.807, 2.05) is 37.3 Å². The normalized spacial score (nSPS) is 26.4. The first-order chi connectivity index (χ1) is 12.9. The Hall–Kier alpha value is -2.53. The second kappa shape index (κ2) is 6.27. The molecule has 0 saturated heterocycles. The molecule has 1 heterocycles. The van der Waals surface area contributed by atoms with Crippen molar-refractivity contribution in [2.24, 2.45) is 5.92 Å². The Kier molecular flexibility index (Phi) is 4.15. The van der Waals surface area contributed by atoms with E-state index >= 15 is 0 Å². The molecule has 4 rings (SSSR count). The van der Waals surface area contributed by atoms with Crippen molar-refractivity contribution in [2.45, 2.75) is 29.7 Å². The van der Waals surface area contributed by atoms with E-state index in [9.17, 15) is 8.42 Å². The van der Waals surface area contributed by atoms with Crippen molar-refractivity contribution in [1.29, 1.82) is 0 Å². The third kappa shape index (κ3) is 2.77. The van der Waals surface area contributed by atoms with Gasteiger partial charge in [-0.3, -0.25) is 4.31 Å². The number of ether oxygens (including phenoxy) is 1. The third-order valence-electron chi connectivity index (χ3n) is 5.75. The maximum atomic E-state index is 13.2. The van der Waals surface area contributed by atoms with Gasteiger partial charge in [-0.25, -0.2) is 8.42 Å². The second-order valence-electron chi connectivity index (χ2n) is 7.27. The van der Waals surface area contributed by atoms with Gasteiger partial charge in [0, 0.05) is 11.6 Å². The predicted octanol–water partition coefficient (Wildman–Crippen LogP) is 4.03. The van der Waals surface area contributed by atoms with E-state index in [1.54, 1.807) is 31.5 Å². The molecule has 0 bridgehead atoms. The van der Waals surface area contributed by atoms with Crippen LogP contribution in [0.2, 0.25) is 0 Å². The van der Waals surface area contributed by atoms with Gasteiger partial charge in [0.15, 0.2) is 0 Å². The van der Waals surface area contributed by atoms with Crippen LogP contribution in [0.25, 0.3) is 0 Å². The molecule has 0 unspecified atom stereocenters. The fourth-order valence-corrected chi connectivity index (χ4v) is 5.57. The maximum Gasteiger partial charge on any atom is 0.264 e. The highest BCUT2D eigenvalue weighted by Crippen LogP contribution is 2.61. The molecule has 4 nitrogen and oxygen atoms in total. The zero-order valence-corrected chi connectivity index (χ0v) is 16.3. The Morgan fingerprint density at radius 2 is 1.81 bits per heavy atom. The molecule has 2 aromatic rings. The van der Waals surface area contributed by atoms with E-state index in [4.69, 9.17) is 4.74 Å². The van der Waals surface area contributed by atoms with Crippen LogP contribution >= 0.6 is 0 Å². The van der Waals surface area contributed by atoms with Crippen LogP contribution in [-0.2, 0) is 15.4 Å². The summed E-state index contributed by atoms with van der Waals surface area (Å²) in [6.07, 6.45) is 6.41. The van der Waals surface area contributed by atoms with E-state index in [2.05, 4.69) is 18.7 Å². The van der Waals surface area contributed by atoms with Crippen LogP contribution < -0.4 is 4.74 Å². The number of nitrogens with zero attached hydrogens (tertiary/aromatic N) is 1. The average molecular weight is 381 g/mol. The van der Waals surface area contributed by atoms with E-state index in [-0.39, 0.29) is 17.4 Å². The molecule has 1 aliphatic carbocycles. The van der Waals surface area contributed by atoms with Crippen LogP contribution in [0, 0.1) is 12.8 Å². The van der Waals surface area contributed by atoms with Gasteiger partial charge in [-0.15, -0.1) is 6.58 Å². The lowest BCUT2D eigenvalue weighted by molar-refractivity contribution is 0.384. The maximum absolute atomic E-state index is 13.2. The fourth-order valence-electron chi connectivity index (χ4n) is 4.08. The molecule has 2 aromatic carbocycles. The van der Waals surface area contributed by atoms with E-state index in [0.717, 1.165) is 17.7 Å². The molecule has 0 spiro atoms. The average Bonchev–Trinajstić information content (AvgIpc) is 3.43. The number of methoxy groups -OCH3 is 1. The Labute approximate surface area is 160 Å². The van der Waals surface area contributed by atoms with Crippen LogP contribution in [0.4, 0.5) is 0 Å². The molecular formula is C22H23NO3S. The van der Waals surface area contributed by atoms with Gasteiger partial charge in [0.1, 0.15) is 5.75 Å². The molecule has 0 aromatic heterocycles. The van der Waals surface area contributed by atoms with Gasteiger partial charge in [0.05, 0.1) is 18.0 Å². The fraction of sp³-hybridized carbons (Fsp3) is 0.273. The summed E-state index contributed by atoms with van der Waals surface area (Å²) < 4.78 is 33.0. The largest absolute Gasteiger partial charge is 0.497 e. The van der Waals surface area contributed by atoms with Crippen LogP contribution in [0.1, 0.15) is 17.5 Å². The Morgan fingerprint density at radius 1 is 1.15 bits per heavy atom. The van der Waals surface area contributed by atoms with Crippen LogP contribution in [0.15, 0.2) is 78.4 Å². The lowest BCUT2D eigenvalue weighted by Crippen LogP contribution is -2.40. The monoisotopic (exact) mass is 381 g/mol. The molecule has 2 aliphatic rings. The van der Waals surface area contributed by atoms with Gasteiger partial charge < -0.3 is 4.74 Å². The van der Waals surface area contributed by atoms with Crippen LogP contribution in [0.5, 0.6) is 5.75 Å². The van der Waals surface area contributed by atoms with Crippen molar-refractivity contribution in [1.82, 2.24) is 4.31 Å². The zero-order valence-electron chi connectivity index (χ0n) is 15.5. The number of hydrogen-bond acceptors (Lipinski definition) is 3. The Morgan fingerprint density at radius 3 is 2.41 bits per heavy atom. The van der Waals surface area contributed by atoms with Crippen molar-refractivity contribution in [3.8, 4) is 5.75 Å². The summed E-state index contributed by atoms with van der Waals surface area (Å²) in [5.74, 6) is 1.00. The lowest BCUT2D eigenvalue weighted by atomic mass is 9.89. The molecule has 140 valence electrons. The van der Waals surface area contributed by atoms with Crippen LogP contribution in [-0.4, -0.2) is 25.9 Å². The smallest absolute Gasteiger partial charge is 0.264 e. The van der Waals surface area contributed by atoms with Gasteiger partial charge in [-0.2, -0.15) is 0 Å². The Balaban J connectivity index is 1.69. The number of aryl methyl sites for hydroxylation is 1. The minimum atomic E-state index is -3.61. The molecule has 5 heteroatoms. The first-order valence-corrected chi connectivity index (χ1v) is 10.4. The van der Waals surface area contributed by atoms with Crippen LogP contribution in [0.3, 0.4) is 0 Å². The predicted molar refractivity (Wildman–Crippen MR) is 106 cm³/mol. The van der Waals surface area contributed by atoms with E-state index in [1.165, 1.54) is 9.87 Å². The molecule has 3 atom stereocenters.